The van der Waals surface area contributed by atoms with Crippen molar-refractivity contribution in [3.8, 4) is 11.5 Å². The number of nitrogens with zero attached hydrogens (tertiary/aromatic N) is 2. The molecule has 0 aliphatic heterocycles. The van der Waals surface area contributed by atoms with E-state index >= 15 is 0 Å². The highest BCUT2D eigenvalue weighted by Gasteiger charge is 2.22. The first kappa shape index (κ1) is 16.2. The molecule has 0 atom stereocenters. The number of amides is 1. The lowest BCUT2D eigenvalue weighted by molar-refractivity contribution is -0.384. The highest BCUT2D eigenvalue weighted by atomic mass is 19.1. The summed E-state index contributed by atoms with van der Waals surface area (Å²) in [4.78, 5) is 22.1. The molecule has 2 aromatic carbocycles. The maximum Gasteiger partial charge on any atom is 0.411 e. The van der Waals surface area contributed by atoms with Crippen LogP contribution in [-0.4, -0.2) is 23.2 Å². The summed E-state index contributed by atoms with van der Waals surface area (Å²) in [7, 11) is 1.18. The van der Waals surface area contributed by atoms with Gasteiger partial charge in [0.25, 0.3) is 5.69 Å². The molecule has 0 spiro atoms. The fourth-order valence-electron chi connectivity index (χ4n) is 1.99. The van der Waals surface area contributed by atoms with Gasteiger partial charge in [0, 0.05) is 25.2 Å². The van der Waals surface area contributed by atoms with Crippen LogP contribution in [0.1, 0.15) is 5.56 Å². The minimum atomic E-state index is -1.35. The van der Waals surface area contributed by atoms with Crippen molar-refractivity contribution in [2.75, 3.05) is 11.9 Å². The van der Waals surface area contributed by atoms with Crippen LogP contribution in [0.3, 0.4) is 0 Å². The molecule has 7 nitrogen and oxygen atoms in total. The van der Waals surface area contributed by atoms with Crippen molar-refractivity contribution in [3.05, 3.63) is 57.9 Å². The van der Waals surface area contributed by atoms with Crippen molar-refractivity contribution in [1.82, 2.24) is 0 Å². The van der Waals surface area contributed by atoms with Gasteiger partial charge < -0.3 is 9.84 Å². The minimum Gasteiger partial charge on any atom is -0.465 e. The summed E-state index contributed by atoms with van der Waals surface area (Å²) < 4.78 is 18.8. The first-order valence-electron chi connectivity index (χ1n) is 6.48. The zero-order valence-electron chi connectivity index (χ0n) is 12.3. The Hall–Kier alpha value is -3.16. The monoisotopic (exact) mass is 320 g/mol. The summed E-state index contributed by atoms with van der Waals surface area (Å²) in [6, 6.07) is 7.74. The van der Waals surface area contributed by atoms with Crippen LogP contribution in [0, 0.1) is 22.9 Å². The molecule has 0 radical (unpaired) electrons. The van der Waals surface area contributed by atoms with Crippen LogP contribution < -0.4 is 9.64 Å². The van der Waals surface area contributed by atoms with E-state index in [1.807, 2.05) is 0 Å². The van der Waals surface area contributed by atoms with Crippen molar-refractivity contribution in [2.45, 2.75) is 6.92 Å². The number of hydrogen-bond acceptors (Lipinski definition) is 4. The van der Waals surface area contributed by atoms with Gasteiger partial charge in [0.05, 0.1) is 4.92 Å². The highest BCUT2D eigenvalue weighted by molar-refractivity contribution is 5.89. The van der Waals surface area contributed by atoms with E-state index < -0.39 is 16.8 Å². The zero-order chi connectivity index (χ0) is 17.1. The SMILES string of the molecule is Cc1cc(F)cc(Oc2ccc([N+](=O)[O-])c(N(C)C(=O)O)c2)c1. The van der Waals surface area contributed by atoms with Crippen molar-refractivity contribution >= 4 is 17.5 Å². The third-order valence-corrected chi connectivity index (χ3v) is 3.04. The second kappa shape index (κ2) is 6.30. The molecule has 1 N–H and O–H groups in total. The molecule has 1 amide bonds. The van der Waals surface area contributed by atoms with Crippen LogP contribution in [0.25, 0.3) is 0 Å². The average Bonchev–Trinajstić information content (AvgIpc) is 2.44. The number of nitro groups is 1. The smallest absolute Gasteiger partial charge is 0.411 e. The molecule has 2 aromatic rings. The molecular weight excluding hydrogens is 307 g/mol. The summed E-state index contributed by atoms with van der Waals surface area (Å²) in [5.41, 5.74) is 0.121. The lowest BCUT2D eigenvalue weighted by atomic mass is 10.2. The maximum absolute atomic E-state index is 13.4. The van der Waals surface area contributed by atoms with Gasteiger partial charge in [-0.05, 0) is 30.7 Å². The van der Waals surface area contributed by atoms with Crippen molar-refractivity contribution in [2.24, 2.45) is 0 Å². The van der Waals surface area contributed by atoms with E-state index in [1.165, 1.54) is 25.2 Å². The number of halogens is 1. The van der Waals surface area contributed by atoms with Gasteiger partial charge in [-0.25, -0.2) is 9.18 Å². The van der Waals surface area contributed by atoms with Crippen LogP contribution >= 0.6 is 0 Å². The molecule has 0 saturated carbocycles. The van der Waals surface area contributed by atoms with Gasteiger partial charge in [0.2, 0.25) is 0 Å². The third kappa shape index (κ3) is 3.73. The van der Waals surface area contributed by atoms with E-state index in [1.54, 1.807) is 13.0 Å². The Bertz CT molecular complexity index is 758. The lowest BCUT2D eigenvalue weighted by Gasteiger charge is -2.15. The Morgan fingerprint density at radius 1 is 1.26 bits per heavy atom. The Balaban J connectivity index is 2.42. The topological polar surface area (TPSA) is 92.9 Å². The first-order valence-corrected chi connectivity index (χ1v) is 6.48. The molecule has 0 fully saturated rings. The normalized spacial score (nSPS) is 10.2. The number of rotatable bonds is 4. The molecule has 2 rings (SSSR count). The maximum atomic E-state index is 13.4. The number of carboxylic acid groups (broad SMARTS) is 1. The van der Waals surface area contributed by atoms with Gasteiger partial charge in [-0.3, -0.25) is 15.0 Å². The lowest BCUT2D eigenvalue weighted by Crippen LogP contribution is -2.24. The number of benzene rings is 2. The Morgan fingerprint density at radius 3 is 2.52 bits per heavy atom. The largest absolute Gasteiger partial charge is 0.465 e. The summed E-state index contributed by atoms with van der Waals surface area (Å²) in [6.07, 6.45) is -1.35. The van der Waals surface area contributed by atoms with Crippen molar-refractivity contribution in [1.29, 1.82) is 0 Å². The fraction of sp³-hybridized carbons (Fsp3) is 0.133. The number of carbonyl (C=O) groups is 1. The van der Waals surface area contributed by atoms with Gasteiger partial charge in [-0.2, -0.15) is 0 Å². The van der Waals surface area contributed by atoms with Crippen LogP contribution in [0.4, 0.5) is 20.6 Å². The molecule has 0 unspecified atom stereocenters. The summed E-state index contributed by atoms with van der Waals surface area (Å²) in [5, 5.41) is 20.0. The fourth-order valence-corrected chi connectivity index (χ4v) is 1.99. The van der Waals surface area contributed by atoms with Crippen LogP contribution in [-0.2, 0) is 0 Å². The Kier molecular flexibility index (Phi) is 4.44. The van der Waals surface area contributed by atoms with Crippen LogP contribution in [0.5, 0.6) is 11.5 Å². The standard InChI is InChI=1S/C15H13FN2O5/c1-9-5-10(16)7-12(6-9)23-11-3-4-13(18(21)22)14(8-11)17(2)15(19)20/h3-8H,1-2H3,(H,19,20). The molecular formula is C15H13FN2O5. The molecule has 0 aliphatic carbocycles. The first-order chi connectivity index (χ1) is 10.8. The predicted molar refractivity (Wildman–Crippen MR) is 80.7 cm³/mol. The van der Waals surface area contributed by atoms with E-state index in [4.69, 9.17) is 9.84 Å². The van der Waals surface area contributed by atoms with Gasteiger partial charge in [-0.15, -0.1) is 0 Å². The van der Waals surface area contributed by atoms with E-state index in [-0.39, 0.29) is 22.9 Å². The number of ether oxygens (including phenoxy) is 1. The van der Waals surface area contributed by atoms with E-state index in [2.05, 4.69) is 0 Å². The molecule has 120 valence electrons. The molecule has 23 heavy (non-hydrogen) atoms. The van der Waals surface area contributed by atoms with E-state index in [0.29, 0.717) is 10.5 Å². The molecule has 0 aromatic heterocycles. The number of anilines is 1. The van der Waals surface area contributed by atoms with Crippen LogP contribution in [0.2, 0.25) is 0 Å². The number of hydrogen-bond donors (Lipinski definition) is 1. The van der Waals surface area contributed by atoms with Crippen LogP contribution in [0.15, 0.2) is 36.4 Å². The average molecular weight is 320 g/mol. The molecule has 0 bridgehead atoms. The Labute approximate surface area is 130 Å². The number of nitro benzene ring substituents is 1. The molecule has 8 heteroatoms. The second-order valence-corrected chi connectivity index (χ2v) is 4.82. The van der Waals surface area contributed by atoms with Crippen molar-refractivity contribution < 1.29 is 24.0 Å². The third-order valence-electron chi connectivity index (χ3n) is 3.04. The quantitative estimate of drug-likeness (QED) is 0.680. The predicted octanol–water partition coefficient (Wildman–Crippen LogP) is 3.95. The summed E-state index contributed by atoms with van der Waals surface area (Å²) in [5.74, 6) is -0.117. The van der Waals surface area contributed by atoms with Crippen molar-refractivity contribution in [3.63, 3.8) is 0 Å². The van der Waals surface area contributed by atoms with E-state index in [9.17, 15) is 19.3 Å². The molecule has 0 aliphatic rings. The highest BCUT2D eigenvalue weighted by Crippen LogP contribution is 2.34. The van der Waals surface area contributed by atoms with Gasteiger partial charge in [0.15, 0.2) is 0 Å². The molecule has 0 heterocycles. The van der Waals surface area contributed by atoms with Gasteiger partial charge in [-0.1, -0.05) is 0 Å². The summed E-state index contributed by atoms with van der Waals surface area (Å²) in [6.45, 7) is 1.69. The zero-order valence-corrected chi connectivity index (χ0v) is 12.3. The van der Waals surface area contributed by atoms with Gasteiger partial charge in [0.1, 0.15) is 23.0 Å². The summed E-state index contributed by atoms with van der Waals surface area (Å²) >= 11 is 0. The van der Waals surface area contributed by atoms with Gasteiger partial charge >= 0.3 is 6.09 Å². The number of aryl methyl sites for hydroxylation is 1. The minimum absolute atomic E-state index is 0.145. The second-order valence-electron chi connectivity index (χ2n) is 4.82. The van der Waals surface area contributed by atoms with E-state index in [0.717, 1.165) is 12.1 Å². The Morgan fingerprint density at radius 2 is 1.96 bits per heavy atom. The molecule has 0 saturated heterocycles.